The van der Waals surface area contributed by atoms with Crippen molar-refractivity contribution in [2.75, 3.05) is 32.6 Å². The van der Waals surface area contributed by atoms with Gasteiger partial charge < -0.3 is 9.80 Å². The van der Waals surface area contributed by atoms with Crippen molar-refractivity contribution in [1.29, 1.82) is 0 Å². The summed E-state index contributed by atoms with van der Waals surface area (Å²) in [5.74, 6) is 0.898. The lowest BCUT2D eigenvalue weighted by Crippen LogP contribution is -2.59. The Kier molecular flexibility index (Phi) is 3.08. The minimum absolute atomic E-state index is 0.495. The number of rotatable bonds is 1. The van der Waals surface area contributed by atoms with Gasteiger partial charge in [0, 0.05) is 31.2 Å². The Labute approximate surface area is 129 Å². The summed E-state index contributed by atoms with van der Waals surface area (Å²) in [6.45, 7) is 1.28. The number of nitrogens with zero attached hydrogens (tertiary/aromatic N) is 2. The highest BCUT2D eigenvalue weighted by molar-refractivity contribution is 5.54. The molecule has 2 heteroatoms. The highest BCUT2D eigenvalue weighted by atomic mass is 15.2. The summed E-state index contributed by atoms with van der Waals surface area (Å²) in [5, 5.41) is 0. The first-order valence-corrected chi connectivity index (χ1v) is 8.63. The van der Waals surface area contributed by atoms with E-state index in [0.717, 1.165) is 12.0 Å². The van der Waals surface area contributed by atoms with Crippen molar-refractivity contribution in [1.82, 2.24) is 4.90 Å². The largest absolute Gasteiger partial charge is 0.378 e. The molecule has 3 aliphatic rings. The fourth-order valence-electron chi connectivity index (χ4n) is 5.46. The molecular weight excluding hydrogens is 256 g/mol. The van der Waals surface area contributed by atoms with E-state index in [-0.39, 0.29) is 0 Å². The molecule has 0 amide bonds. The summed E-state index contributed by atoms with van der Waals surface area (Å²) < 4.78 is 0. The molecule has 114 valence electrons. The lowest BCUT2D eigenvalue weighted by atomic mass is 9.52. The Morgan fingerprint density at radius 3 is 2.86 bits per heavy atom. The first kappa shape index (κ1) is 13.6. The average molecular weight is 284 g/mol. The van der Waals surface area contributed by atoms with Gasteiger partial charge in [-0.2, -0.15) is 0 Å². The standard InChI is InChI=1S/C19H28N2/c1-20(2)15-8-7-14-12-18-16-6-4-5-9-19(16,17(14)13-15)10-11-21(18)3/h7-8,13,16,18H,4-6,9-12H2,1-3H3/t16-,18-,19-/m0/s1. The number of anilines is 1. The van der Waals surface area contributed by atoms with Gasteiger partial charge in [0.25, 0.3) is 0 Å². The molecule has 0 unspecified atom stereocenters. The molecule has 2 aliphatic carbocycles. The van der Waals surface area contributed by atoms with E-state index in [1.165, 1.54) is 50.8 Å². The zero-order valence-corrected chi connectivity index (χ0v) is 13.7. The van der Waals surface area contributed by atoms with Gasteiger partial charge in [-0.15, -0.1) is 0 Å². The van der Waals surface area contributed by atoms with Gasteiger partial charge in [-0.1, -0.05) is 18.9 Å². The quantitative estimate of drug-likeness (QED) is 0.779. The molecule has 2 fully saturated rings. The second kappa shape index (κ2) is 4.74. The van der Waals surface area contributed by atoms with Gasteiger partial charge in [0.2, 0.25) is 0 Å². The van der Waals surface area contributed by atoms with E-state index in [9.17, 15) is 0 Å². The van der Waals surface area contributed by atoms with Crippen LogP contribution in [-0.2, 0) is 11.8 Å². The molecule has 1 saturated heterocycles. The Hall–Kier alpha value is -1.02. The maximum absolute atomic E-state index is 2.65. The summed E-state index contributed by atoms with van der Waals surface area (Å²) in [6.07, 6.45) is 8.38. The Morgan fingerprint density at radius 2 is 2.05 bits per heavy atom. The highest BCUT2D eigenvalue weighted by Gasteiger charge is 2.52. The lowest BCUT2D eigenvalue weighted by molar-refractivity contribution is 0.00289. The number of fused-ring (bicyclic) bond motifs is 1. The number of piperidine rings is 1. The van der Waals surface area contributed by atoms with Crippen LogP contribution in [0.3, 0.4) is 0 Å². The van der Waals surface area contributed by atoms with Gasteiger partial charge in [0.1, 0.15) is 0 Å². The van der Waals surface area contributed by atoms with E-state index in [0.29, 0.717) is 5.41 Å². The maximum atomic E-state index is 2.65. The van der Waals surface area contributed by atoms with E-state index in [4.69, 9.17) is 0 Å². The normalized spacial score (nSPS) is 35.0. The van der Waals surface area contributed by atoms with E-state index in [2.05, 4.69) is 49.1 Å². The molecule has 4 rings (SSSR count). The molecule has 1 heterocycles. The van der Waals surface area contributed by atoms with Crippen LogP contribution >= 0.6 is 0 Å². The van der Waals surface area contributed by atoms with Gasteiger partial charge in [-0.3, -0.25) is 0 Å². The van der Waals surface area contributed by atoms with E-state index in [1.54, 1.807) is 11.1 Å². The van der Waals surface area contributed by atoms with Gasteiger partial charge in [-0.25, -0.2) is 0 Å². The second-order valence-corrected chi connectivity index (χ2v) is 7.75. The molecular formula is C19H28N2. The number of likely N-dealkylation sites (N-methyl/N-ethyl adjacent to an activating group) is 1. The van der Waals surface area contributed by atoms with Crippen LogP contribution < -0.4 is 4.90 Å². The minimum atomic E-state index is 0.495. The van der Waals surface area contributed by atoms with Crippen LogP contribution in [0.1, 0.15) is 43.2 Å². The van der Waals surface area contributed by atoms with Crippen molar-refractivity contribution in [2.24, 2.45) is 5.92 Å². The van der Waals surface area contributed by atoms with Gasteiger partial charge in [0.05, 0.1) is 0 Å². The Balaban J connectivity index is 1.87. The topological polar surface area (TPSA) is 6.48 Å². The number of benzene rings is 1. The first-order valence-electron chi connectivity index (χ1n) is 8.63. The van der Waals surface area contributed by atoms with E-state index >= 15 is 0 Å². The zero-order chi connectivity index (χ0) is 14.6. The van der Waals surface area contributed by atoms with Crippen LogP contribution in [0, 0.1) is 5.92 Å². The van der Waals surface area contributed by atoms with Gasteiger partial charge in [-0.05, 0) is 68.5 Å². The molecule has 1 saturated carbocycles. The van der Waals surface area contributed by atoms with Gasteiger partial charge >= 0.3 is 0 Å². The summed E-state index contributed by atoms with van der Waals surface area (Å²) in [4.78, 5) is 4.91. The maximum Gasteiger partial charge on any atom is 0.0364 e. The monoisotopic (exact) mass is 284 g/mol. The van der Waals surface area contributed by atoms with Gasteiger partial charge in [0.15, 0.2) is 0 Å². The molecule has 1 aromatic rings. The third-order valence-corrected chi connectivity index (χ3v) is 6.61. The van der Waals surface area contributed by atoms with Crippen LogP contribution in [0.5, 0.6) is 0 Å². The van der Waals surface area contributed by atoms with Crippen LogP contribution in [-0.4, -0.2) is 38.6 Å². The predicted octanol–water partition coefficient (Wildman–Crippen LogP) is 3.44. The molecule has 0 radical (unpaired) electrons. The smallest absolute Gasteiger partial charge is 0.0364 e. The lowest BCUT2D eigenvalue weighted by Gasteiger charge is -2.58. The second-order valence-electron chi connectivity index (χ2n) is 7.75. The Morgan fingerprint density at radius 1 is 1.19 bits per heavy atom. The average Bonchev–Trinajstić information content (AvgIpc) is 2.50. The van der Waals surface area contributed by atoms with E-state index in [1.807, 2.05) is 0 Å². The molecule has 0 aromatic heterocycles. The third-order valence-electron chi connectivity index (χ3n) is 6.61. The van der Waals surface area contributed by atoms with Crippen LogP contribution in [0.25, 0.3) is 0 Å². The first-order chi connectivity index (χ1) is 10.1. The molecule has 2 bridgehead atoms. The van der Waals surface area contributed by atoms with Crippen LogP contribution in [0.2, 0.25) is 0 Å². The van der Waals surface area contributed by atoms with Crippen molar-refractivity contribution in [3.63, 3.8) is 0 Å². The molecule has 1 aliphatic heterocycles. The molecule has 2 nitrogen and oxygen atoms in total. The van der Waals surface area contributed by atoms with E-state index < -0.39 is 0 Å². The van der Waals surface area contributed by atoms with Crippen LogP contribution in [0.4, 0.5) is 5.69 Å². The van der Waals surface area contributed by atoms with Crippen molar-refractivity contribution < 1.29 is 0 Å². The molecule has 0 spiro atoms. The van der Waals surface area contributed by atoms with Crippen molar-refractivity contribution >= 4 is 5.69 Å². The SMILES string of the molecule is CN(C)c1ccc2c(c1)[C@]13CCCC[C@H]1[C@H](C2)N(C)CC3. The van der Waals surface area contributed by atoms with Crippen molar-refractivity contribution in [3.05, 3.63) is 29.3 Å². The summed E-state index contributed by atoms with van der Waals surface area (Å²) in [7, 11) is 6.68. The Bertz CT molecular complexity index is 550. The molecule has 1 aromatic carbocycles. The predicted molar refractivity (Wildman–Crippen MR) is 89.1 cm³/mol. The number of likely N-dealkylation sites (tertiary alicyclic amines) is 1. The summed E-state index contributed by atoms with van der Waals surface area (Å²) >= 11 is 0. The fraction of sp³-hybridized carbons (Fsp3) is 0.684. The van der Waals surface area contributed by atoms with Crippen molar-refractivity contribution in [2.45, 2.75) is 50.0 Å². The minimum Gasteiger partial charge on any atom is -0.378 e. The summed E-state index contributed by atoms with van der Waals surface area (Å²) in [5.41, 5.74) is 5.22. The molecule has 3 atom stereocenters. The zero-order valence-electron chi connectivity index (χ0n) is 13.7. The molecule has 21 heavy (non-hydrogen) atoms. The summed E-state index contributed by atoms with van der Waals surface area (Å²) in [6, 6.07) is 8.05. The molecule has 0 N–H and O–H groups in total. The van der Waals surface area contributed by atoms with Crippen molar-refractivity contribution in [3.8, 4) is 0 Å². The fourth-order valence-corrected chi connectivity index (χ4v) is 5.46. The number of hydrogen-bond acceptors (Lipinski definition) is 2. The number of hydrogen-bond donors (Lipinski definition) is 0. The third kappa shape index (κ3) is 1.88. The highest BCUT2D eigenvalue weighted by Crippen LogP contribution is 2.55. The van der Waals surface area contributed by atoms with Crippen LogP contribution in [0.15, 0.2) is 18.2 Å².